The number of nitrogens with zero attached hydrogens (tertiary/aromatic N) is 1. The Kier molecular flexibility index (Phi) is 6.09. The van der Waals surface area contributed by atoms with Crippen molar-refractivity contribution in [2.24, 2.45) is 17.3 Å². The molecule has 0 radical (unpaired) electrons. The van der Waals surface area contributed by atoms with Crippen molar-refractivity contribution in [2.45, 2.75) is 71.8 Å². The smallest absolute Gasteiger partial charge is 0.222 e. The Labute approximate surface area is 138 Å². The van der Waals surface area contributed by atoms with Gasteiger partial charge in [-0.05, 0) is 55.8 Å². The minimum atomic E-state index is -0.647. The van der Waals surface area contributed by atoms with E-state index >= 15 is 0 Å². The van der Waals surface area contributed by atoms with Gasteiger partial charge in [0.2, 0.25) is 5.91 Å². The largest absolute Gasteiger partial charge is 0.343 e. The van der Waals surface area contributed by atoms with Gasteiger partial charge in [-0.15, -0.1) is 0 Å². The van der Waals surface area contributed by atoms with E-state index in [-0.39, 0.29) is 0 Å². The Balaban J connectivity index is 1.77. The summed E-state index contributed by atoms with van der Waals surface area (Å²) < 4.78 is 11.4. The van der Waals surface area contributed by atoms with Crippen LogP contribution in [0.4, 0.5) is 0 Å². The third-order valence-electron chi connectivity index (χ3n) is 5.83. The monoisotopic (exact) mass is 327 g/mol. The molecule has 2 aliphatic rings. The van der Waals surface area contributed by atoms with Crippen molar-refractivity contribution in [3.05, 3.63) is 0 Å². The lowest BCUT2D eigenvalue weighted by Crippen LogP contribution is -2.42. The minimum Gasteiger partial charge on any atom is -0.343 e. The van der Waals surface area contributed by atoms with Gasteiger partial charge in [-0.3, -0.25) is 9.00 Å². The molecule has 0 bridgehead atoms. The average Bonchev–Trinajstić information content (AvgIpc) is 2.47. The van der Waals surface area contributed by atoms with Crippen LogP contribution in [0.1, 0.15) is 65.7 Å². The van der Waals surface area contributed by atoms with Gasteiger partial charge in [0.25, 0.3) is 0 Å². The van der Waals surface area contributed by atoms with Gasteiger partial charge in [0.1, 0.15) is 0 Å². The molecule has 2 rings (SSSR count). The van der Waals surface area contributed by atoms with E-state index in [9.17, 15) is 9.00 Å². The molecule has 0 spiro atoms. The van der Waals surface area contributed by atoms with E-state index in [4.69, 9.17) is 0 Å². The second-order valence-electron chi connectivity index (χ2n) is 8.37. The molecule has 1 aliphatic carbocycles. The molecule has 0 aromatic heterocycles. The summed E-state index contributed by atoms with van der Waals surface area (Å²) in [5.74, 6) is 3.21. The maximum atomic E-state index is 12.5. The SMILES string of the molecule is CN(C(=O)CC1CCC(C(C)(C)C)CC1)C1CCS(=O)CC1. The first-order chi connectivity index (χ1) is 10.3. The van der Waals surface area contributed by atoms with Crippen LogP contribution in [0.3, 0.4) is 0 Å². The first kappa shape index (κ1) is 18.0. The summed E-state index contributed by atoms with van der Waals surface area (Å²) in [7, 11) is 1.30. The van der Waals surface area contributed by atoms with Crippen molar-refractivity contribution in [1.29, 1.82) is 0 Å². The Bertz CT molecular complexity index is 398. The standard InChI is InChI=1S/C18H33NO2S/c1-18(2,3)15-7-5-14(6-8-15)13-17(20)19(4)16-9-11-22(21)12-10-16/h14-16H,5-13H2,1-4H3. The summed E-state index contributed by atoms with van der Waals surface area (Å²) in [4.78, 5) is 14.5. The Morgan fingerprint density at radius 1 is 1.05 bits per heavy atom. The lowest BCUT2D eigenvalue weighted by molar-refractivity contribution is -0.133. The van der Waals surface area contributed by atoms with Gasteiger partial charge in [0.15, 0.2) is 0 Å². The van der Waals surface area contributed by atoms with Crippen LogP contribution in [0.2, 0.25) is 0 Å². The average molecular weight is 328 g/mol. The Morgan fingerprint density at radius 2 is 1.59 bits per heavy atom. The number of carbonyl (C=O) groups is 1. The maximum Gasteiger partial charge on any atom is 0.222 e. The molecule has 0 aromatic rings. The van der Waals surface area contributed by atoms with Gasteiger partial charge in [-0.2, -0.15) is 0 Å². The topological polar surface area (TPSA) is 37.4 Å². The molecular weight excluding hydrogens is 294 g/mol. The Morgan fingerprint density at radius 3 is 2.09 bits per heavy atom. The van der Waals surface area contributed by atoms with Gasteiger partial charge < -0.3 is 4.90 Å². The third kappa shape index (κ3) is 4.81. The second kappa shape index (κ2) is 7.46. The quantitative estimate of drug-likeness (QED) is 0.794. The molecule has 1 amide bonds. The lowest BCUT2D eigenvalue weighted by atomic mass is 9.69. The highest BCUT2D eigenvalue weighted by Gasteiger charge is 2.32. The van der Waals surface area contributed by atoms with Crippen molar-refractivity contribution in [3.63, 3.8) is 0 Å². The van der Waals surface area contributed by atoms with E-state index in [1.807, 2.05) is 11.9 Å². The highest BCUT2D eigenvalue weighted by atomic mass is 32.2. The third-order valence-corrected chi connectivity index (χ3v) is 7.22. The summed E-state index contributed by atoms with van der Waals surface area (Å²) >= 11 is 0. The molecule has 1 heterocycles. The van der Waals surface area contributed by atoms with Gasteiger partial charge in [-0.1, -0.05) is 20.8 Å². The fourth-order valence-corrected chi connectivity index (χ4v) is 5.27. The van der Waals surface area contributed by atoms with Crippen LogP contribution < -0.4 is 0 Å². The molecule has 0 atom stereocenters. The molecular formula is C18H33NO2S. The van der Waals surface area contributed by atoms with Crippen LogP contribution in [-0.2, 0) is 15.6 Å². The molecule has 3 nitrogen and oxygen atoms in total. The molecule has 1 saturated heterocycles. The molecule has 2 fully saturated rings. The second-order valence-corrected chi connectivity index (χ2v) is 10.1. The molecule has 1 saturated carbocycles. The highest BCUT2D eigenvalue weighted by Crippen LogP contribution is 2.40. The number of rotatable bonds is 3. The van der Waals surface area contributed by atoms with Gasteiger partial charge >= 0.3 is 0 Å². The van der Waals surface area contributed by atoms with Crippen molar-refractivity contribution < 1.29 is 9.00 Å². The van der Waals surface area contributed by atoms with E-state index in [1.165, 1.54) is 25.7 Å². The van der Waals surface area contributed by atoms with Crippen molar-refractivity contribution >= 4 is 16.7 Å². The lowest BCUT2D eigenvalue weighted by Gasteiger charge is -2.38. The van der Waals surface area contributed by atoms with Gasteiger partial charge in [0, 0.05) is 41.8 Å². The number of hydrogen-bond donors (Lipinski definition) is 0. The zero-order valence-corrected chi connectivity index (χ0v) is 15.6. The van der Waals surface area contributed by atoms with Crippen LogP contribution in [0.15, 0.2) is 0 Å². The van der Waals surface area contributed by atoms with E-state index in [0.29, 0.717) is 29.7 Å². The normalized spacial score (nSPS) is 33.5. The van der Waals surface area contributed by atoms with Crippen LogP contribution in [-0.4, -0.2) is 39.6 Å². The minimum absolute atomic E-state index is 0.303. The molecule has 22 heavy (non-hydrogen) atoms. The summed E-state index contributed by atoms with van der Waals surface area (Å²) in [6.07, 6.45) is 7.48. The zero-order valence-electron chi connectivity index (χ0n) is 14.8. The molecule has 4 heteroatoms. The van der Waals surface area contributed by atoms with Crippen molar-refractivity contribution in [3.8, 4) is 0 Å². The maximum absolute atomic E-state index is 12.5. The molecule has 1 aliphatic heterocycles. The predicted octanol–water partition coefficient (Wildman–Crippen LogP) is 3.60. The van der Waals surface area contributed by atoms with Crippen molar-refractivity contribution in [2.75, 3.05) is 18.6 Å². The first-order valence-corrected chi connectivity index (χ1v) is 10.4. The summed E-state index contributed by atoms with van der Waals surface area (Å²) in [5.41, 5.74) is 0.406. The van der Waals surface area contributed by atoms with E-state index < -0.39 is 10.8 Å². The van der Waals surface area contributed by atoms with E-state index in [2.05, 4.69) is 20.8 Å². The number of amides is 1. The van der Waals surface area contributed by atoms with Crippen LogP contribution in [0.5, 0.6) is 0 Å². The van der Waals surface area contributed by atoms with Crippen LogP contribution in [0, 0.1) is 17.3 Å². The summed E-state index contributed by atoms with van der Waals surface area (Å²) in [6, 6.07) is 0.316. The highest BCUT2D eigenvalue weighted by molar-refractivity contribution is 7.85. The molecule has 0 aromatic carbocycles. The van der Waals surface area contributed by atoms with Gasteiger partial charge in [0.05, 0.1) is 0 Å². The van der Waals surface area contributed by atoms with Gasteiger partial charge in [-0.25, -0.2) is 0 Å². The number of carbonyl (C=O) groups excluding carboxylic acids is 1. The van der Waals surface area contributed by atoms with Crippen LogP contribution in [0.25, 0.3) is 0 Å². The van der Waals surface area contributed by atoms with E-state index in [1.54, 1.807) is 0 Å². The molecule has 128 valence electrons. The fraction of sp³-hybridized carbons (Fsp3) is 0.944. The zero-order chi connectivity index (χ0) is 16.3. The van der Waals surface area contributed by atoms with Crippen LogP contribution >= 0.6 is 0 Å². The predicted molar refractivity (Wildman–Crippen MR) is 93.2 cm³/mol. The van der Waals surface area contributed by atoms with Crippen molar-refractivity contribution in [1.82, 2.24) is 4.90 Å². The number of hydrogen-bond acceptors (Lipinski definition) is 2. The molecule has 0 unspecified atom stereocenters. The summed E-state index contributed by atoms with van der Waals surface area (Å²) in [5, 5.41) is 0. The Hall–Kier alpha value is -0.380. The van der Waals surface area contributed by atoms with E-state index in [0.717, 1.165) is 30.3 Å². The fourth-order valence-electron chi connectivity index (χ4n) is 4.00. The molecule has 0 N–H and O–H groups in total. The summed E-state index contributed by atoms with van der Waals surface area (Å²) in [6.45, 7) is 7.01. The first-order valence-electron chi connectivity index (χ1n) is 8.88.